The molecule has 1 aromatic carbocycles. The molecule has 1 aromatic rings. The Bertz CT molecular complexity index is 1060. The van der Waals surface area contributed by atoms with E-state index in [4.69, 9.17) is 28.3 Å². The number of aryl methyl sites for hydroxylation is 1. The van der Waals surface area contributed by atoms with Gasteiger partial charge in [-0.15, -0.1) is 0 Å². The fourth-order valence-corrected chi connectivity index (χ4v) is 5.75. The first kappa shape index (κ1) is 20.7. The third-order valence-electron chi connectivity index (χ3n) is 4.92. The average molecular weight is 447 g/mol. The van der Waals surface area contributed by atoms with Crippen molar-refractivity contribution in [2.75, 3.05) is 6.61 Å². The van der Waals surface area contributed by atoms with Crippen molar-refractivity contribution < 1.29 is 39.4 Å². The molecule has 3 aliphatic rings. The molecule has 0 amide bonds. The van der Waals surface area contributed by atoms with Crippen LogP contribution in [0.2, 0.25) is 0 Å². The fourth-order valence-electron chi connectivity index (χ4n) is 3.62. The van der Waals surface area contributed by atoms with Gasteiger partial charge < -0.3 is 19.9 Å². The molecule has 29 heavy (non-hydrogen) atoms. The Morgan fingerprint density at radius 2 is 1.83 bits per heavy atom. The van der Waals surface area contributed by atoms with Gasteiger partial charge in [0, 0.05) is 0 Å². The Morgan fingerprint density at radius 3 is 2.41 bits per heavy atom. The number of hydrogen-bond donors (Lipinski definition) is 1. The number of nitrogens with two attached hydrogens (primary N) is 1. The standard InChI is InChI=1S/C17H21NO9S2/c1-10-4-6-11(7-5-10)29(21,22)23-8-13-17(12(18)9-28(19,20)27-17)14-15(24-13)26-16(2,3)25-14/h4-7,9,13-15H,8,18H2,1-3H3/t13-,14+,15-,17-/m1/s1. The van der Waals surface area contributed by atoms with Gasteiger partial charge in [0.05, 0.1) is 22.6 Å². The molecule has 12 heteroatoms. The molecule has 2 saturated heterocycles. The molecule has 10 nitrogen and oxygen atoms in total. The van der Waals surface area contributed by atoms with E-state index in [1.54, 1.807) is 26.0 Å². The van der Waals surface area contributed by atoms with Crippen LogP contribution in [-0.4, -0.2) is 53.3 Å². The molecular formula is C17H21NO9S2. The van der Waals surface area contributed by atoms with Crippen molar-refractivity contribution in [1.82, 2.24) is 0 Å². The van der Waals surface area contributed by atoms with Gasteiger partial charge in [0.25, 0.3) is 20.2 Å². The van der Waals surface area contributed by atoms with Gasteiger partial charge in [-0.05, 0) is 32.9 Å². The number of ether oxygens (including phenoxy) is 3. The van der Waals surface area contributed by atoms with Gasteiger partial charge in [0.15, 0.2) is 23.8 Å². The van der Waals surface area contributed by atoms with E-state index in [0.29, 0.717) is 0 Å². The summed E-state index contributed by atoms with van der Waals surface area (Å²) in [5, 5.41) is 0.759. The third kappa shape index (κ3) is 3.48. The zero-order valence-electron chi connectivity index (χ0n) is 15.9. The van der Waals surface area contributed by atoms with Crippen LogP contribution in [0.5, 0.6) is 0 Å². The lowest BCUT2D eigenvalue weighted by atomic mass is 9.90. The minimum atomic E-state index is -4.13. The summed E-state index contributed by atoms with van der Waals surface area (Å²) in [5.74, 6) is -1.07. The number of fused-ring (bicyclic) bond motifs is 2. The van der Waals surface area contributed by atoms with Crippen LogP contribution in [0.25, 0.3) is 0 Å². The van der Waals surface area contributed by atoms with Crippen molar-refractivity contribution in [3.8, 4) is 0 Å². The van der Waals surface area contributed by atoms with Gasteiger partial charge in [-0.2, -0.15) is 16.8 Å². The van der Waals surface area contributed by atoms with Crippen molar-refractivity contribution >= 4 is 20.2 Å². The Morgan fingerprint density at radius 1 is 1.17 bits per heavy atom. The van der Waals surface area contributed by atoms with E-state index in [1.165, 1.54) is 12.1 Å². The van der Waals surface area contributed by atoms with Gasteiger partial charge in [-0.3, -0.25) is 4.18 Å². The number of rotatable bonds is 4. The summed E-state index contributed by atoms with van der Waals surface area (Å²) in [6, 6.07) is 6.07. The van der Waals surface area contributed by atoms with E-state index in [-0.39, 0.29) is 10.6 Å². The Labute approximate surface area is 168 Å². The summed E-state index contributed by atoms with van der Waals surface area (Å²) < 4.78 is 76.7. The average Bonchev–Trinajstić information content (AvgIpc) is 3.13. The molecule has 4 atom stereocenters. The molecule has 160 valence electrons. The zero-order valence-corrected chi connectivity index (χ0v) is 17.5. The van der Waals surface area contributed by atoms with Crippen LogP contribution in [-0.2, 0) is 42.8 Å². The van der Waals surface area contributed by atoms with Crippen LogP contribution >= 0.6 is 0 Å². The van der Waals surface area contributed by atoms with Crippen molar-refractivity contribution in [2.45, 2.75) is 55.6 Å². The Kier molecular flexibility index (Phi) is 4.63. The number of benzene rings is 1. The van der Waals surface area contributed by atoms with E-state index >= 15 is 0 Å². The first-order chi connectivity index (χ1) is 13.3. The number of hydrogen-bond acceptors (Lipinski definition) is 10. The lowest BCUT2D eigenvalue weighted by Gasteiger charge is -2.33. The van der Waals surface area contributed by atoms with Crippen molar-refractivity contribution in [1.29, 1.82) is 0 Å². The summed E-state index contributed by atoms with van der Waals surface area (Å²) in [5.41, 5.74) is 4.91. The van der Waals surface area contributed by atoms with E-state index in [1.807, 2.05) is 6.92 Å². The highest BCUT2D eigenvalue weighted by molar-refractivity contribution is 7.90. The smallest absolute Gasteiger partial charge is 0.297 e. The molecule has 4 rings (SSSR count). The molecule has 0 unspecified atom stereocenters. The van der Waals surface area contributed by atoms with Crippen molar-refractivity contribution in [2.24, 2.45) is 5.73 Å². The second kappa shape index (κ2) is 6.48. The summed E-state index contributed by atoms with van der Waals surface area (Å²) >= 11 is 0. The predicted octanol–water partition coefficient (Wildman–Crippen LogP) is 0.476. The molecule has 0 aliphatic carbocycles. The van der Waals surface area contributed by atoms with Crippen molar-refractivity contribution in [3.05, 3.63) is 40.9 Å². The molecule has 0 radical (unpaired) electrons. The van der Waals surface area contributed by atoms with Gasteiger partial charge in [-0.25, -0.2) is 4.18 Å². The summed E-state index contributed by atoms with van der Waals surface area (Å²) in [4.78, 5) is -0.0487. The van der Waals surface area contributed by atoms with Gasteiger partial charge in [0.2, 0.25) is 0 Å². The topological polar surface area (TPSA) is 140 Å². The largest absolute Gasteiger partial charge is 0.399 e. The Balaban J connectivity index is 1.62. The zero-order chi connectivity index (χ0) is 21.2. The van der Waals surface area contributed by atoms with E-state index < -0.39 is 56.7 Å². The second-order valence-electron chi connectivity index (χ2n) is 7.54. The highest BCUT2D eigenvalue weighted by atomic mass is 32.2. The second-order valence-corrected chi connectivity index (χ2v) is 10.5. The summed E-state index contributed by atoms with van der Waals surface area (Å²) in [7, 11) is -8.24. The molecule has 1 spiro atoms. The normalized spacial score (nSPS) is 35.0. The van der Waals surface area contributed by atoms with Crippen LogP contribution in [0, 0.1) is 6.92 Å². The van der Waals surface area contributed by atoms with E-state index in [0.717, 1.165) is 11.0 Å². The lowest BCUT2D eigenvalue weighted by molar-refractivity contribution is -0.223. The molecule has 0 saturated carbocycles. The predicted molar refractivity (Wildman–Crippen MR) is 98.0 cm³/mol. The third-order valence-corrected chi connectivity index (χ3v) is 7.26. The molecule has 2 N–H and O–H groups in total. The van der Waals surface area contributed by atoms with Gasteiger partial charge >= 0.3 is 0 Å². The molecule has 3 aliphatic heterocycles. The lowest BCUT2D eigenvalue weighted by Crippen LogP contribution is -2.54. The maximum atomic E-state index is 12.5. The SMILES string of the molecule is Cc1ccc(S(=O)(=O)OC[C@H]2O[C@@H]3OC(C)(C)O[C@@H]3[C@]23OS(=O)(=O)C=C3N)cc1. The Hall–Kier alpha value is -1.54. The first-order valence-electron chi connectivity index (χ1n) is 8.75. The van der Waals surface area contributed by atoms with Crippen LogP contribution in [0.3, 0.4) is 0 Å². The van der Waals surface area contributed by atoms with Crippen molar-refractivity contribution in [3.63, 3.8) is 0 Å². The molecular weight excluding hydrogens is 426 g/mol. The summed E-state index contributed by atoms with van der Waals surface area (Å²) in [6.45, 7) is 4.51. The first-order valence-corrected chi connectivity index (χ1v) is 11.6. The van der Waals surface area contributed by atoms with Crippen LogP contribution in [0.1, 0.15) is 19.4 Å². The fraction of sp³-hybridized carbons (Fsp3) is 0.529. The van der Waals surface area contributed by atoms with Gasteiger partial charge in [0.1, 0.15) is 6.10 Å². The van der Waals surface area contributed by atoms with E-state index in [9.17, 15) is 16.8 Å². The molecule has 0 bridgehead atoms. The molecule has 2 fully saturated rings. The van der Waals surface area contributed by atoms with Crippen LogP contribution in [0.15, 0.2) is 40.3 Å². The highest BCUT2D eigenvalue weighted by Gasteiger charge is 2.69. The highest BCUT2D eigenvalue weighted by Crippen LogP contribution is 2.50. The molecule has 0 aromatic heterocycles. The summed E-state index contributed by atoms with van der Waals surface area (Å²) in [6.07, 6.45) is -3.25. The quantitative estimate of drug-likeness (QED) is 0.648. The van der Waals surface area contributed by atoms with Crippen LogP contribution in [0.4, 0.5) is 0 Å². The maximum absolute atomic E-state index is 12.5. The van der Waals surface area contributed by atoms with Gasteiger partial charge in [-0.1, -0.05) is 17.7 Å². The maximum Gasteiger partial charge on any atom is 0.297 e. The minimum absolute atomic E-state index is 0.0487. The molecule has 3 heterocycles. The monoisotopic (exact) mass is 447 g/mol. The van der Waals surface area contributed by atoms with E-state index in [2.05, 4.69) is 0 Å². The van der Waals surface area contributed by atoms with Crippen LogP contribution < -0.4 is 5.73 Å². The minimum Gasteiger partial charge on any atom is -0.399 e.